The van der Waals surface area contributed by atoms with Crippen molar-refractivity contribution in [3.8, 4) is 0 Å². The van der Waals surface area contributed by atoms with E-state index in [-0.39, 0.29) is 0 Å². The SMILES string of the molecule is C=C(CCC)c1cc(C)cc(C)c1. The highest BCUT2D eigenvalue weighted by molar-refractivity contribution is 5.64. The Balaban J connectivity index is 2.94. The topological polar surface area (TPSA) is 0 Å². The second-order valence-electron chi connectivity index (χ2n) is 3.73. The standard InChI is InChI=1S/C13H18/c1-5-6-12(4)13-8-10(2)7-11(3)9-13/h7-9H,4-6H2,1-3H3. The van der Waals surface area contributed by atoms with Crippen LogP contribution in [0.25, 0.3) is 5.57 Å². The molecule has 0 saturated heterocycles. The summed E-state index contributed by atoms with van der Waals surface area (Å²) in [6, 6.07) is 6.62. The van der Waals surface area contributed by atoms with Crippen molar-refractivity contribution in [1.82, 2.24) is 0 Å². The van der Waals surface area contributed by atoms with Gasteiger partial charge in [0.15, 0.2) is 0 Å². The third-order valence-corrected chi connectivity index (χ3v) is 2.18. The summed E-state index contributed by atoms with van der Waals surface area (Å²) in [5, 5.41) is 0. The smallest absolute Gasteiger partial charge is 0.0225 e. The van der Waals surface area contributed by atoms with Gasteiger partial charge in [0.05, 0.1) is 0 Å². The number of allylic oxidation sites excluding steroid dienone is 1. The van der Waals surface area contributed by atoms with Crippen LogP contribution in [-0.2, 0) is 0 Å². The highest BCUT2D eigenvalue weighted by atomic mass is 14.0. The number of hydrogen-bond acceptors (Lipinski definition) is 0. The Hall–Kier alpha value is -1.04. The molecule has 0 radical (unpaired) electrons. The van der Waals surface area contributed by atoms with E-state index < -0.39 is 0 Å². The lowest BCUT2D eigenvalue weighted by Gasteiger charge is -2.06. The Morgan fingerprint density at radius 2 is 1.69 bits per heavy atom. The van der Waals surface area contributed by atoms with E-state index in [9.17, 15) is 0 Å². The highest BCUT2D eigenvalue weighted by Gasteiger charge is 1.99. The summed E-state index contributed by atoms with van der Waals surface area (Å²) in [5.74, 6) is 0. The number of aryl methyl sites for hydroxylation is 2. The zero-order valence-corrected chi connectivity index (χ0v) is 8.85. The molecule has 1 aromatic carbocycles. The Morgan fingerprint density at radius 1 is 1.15 bits per heavy atom. The summed E-state index contributed by atoms with van der Waals surface area (Å²) >= 11 is 0. The number of benzene rings is 1. The van der Waals surface area contributed by atoms with Gasteiger partial charge in [-0.05, 0) is 31.4 Å². The molecule has 0 fully saturated rings. The van der Waals surface area contributed by atoms with E-state index in [1.807, 2.05) is 0 Å². The molecule has 0 saturated carbocycles. The summed E-state index contributed by atoms with van der Waals surface area (Å²) in [7, 11) is 0. The van der Waals surface area contributed by atoms with Crippen molar-refractivity contribution < 1.29 is 0 Å². The molecule has 0 aliphatic rings. The van der Waals surface area contributed by atoms with Crippen molar-refractivity contribution in [3.63, 3.8) is 0 Å². The minimum atomic E-state index is 1.10. The summed E-state index contributed by atoms with van der Waals surface area (Å²) in [6.45, 7) is 10.6. The molecular weight excluding hydrogens is 156 g/mol. The predicted octanol–water partition coefficient (Wildman–Crippen LogP) is 4.12. The van der Waals surface area contributed by atoms with Gasteiger partial charge in [-0.2, -0.15) is 0 Å². The van der Waals surface area contributed by atoms with Crippen molar-refractivity contribution in [2.75, 3.05) is 0 Å². The molecule has 1 aromatic rings. The molecule has 0 heterocycles. The van der Waals surface area contributed by atoms with Crippen molar-refractivity contribution in [1.29, 1.82) is 0 Å². The van der Waals surface area contributed by atoms with Crippen molar-refractivity contribution in [3.05, 3.63) is 41.5 Å². The van der Waals surface area contributed by atoms with Gasteiger partial charge in [0.25, 0.3) is 0 Å². The number of hydrogen-bond donors (Lipinski definition) is 0. The van der Waals surface area contributed by atoms with Crippen LogP contribution >= 0.6 is 0 Å². The summed E-state index contributed by atoms with van der Waals surface area (Å²) < 4.78 is 0. The van der Waals surface area contributed by atoms with Gasteiger partial charge in [-0.3, -0.25) is 0 Å². The highest BCUT2D eigenvalue weighted by Crippen LogP contribution is 2.20. The maximum atomic E-state index is 4.10. The molecular formula is C13H18. The van der Waals surface area contributed by atoms with Gasteiger partial charge in [-0.1, -0.05) is 49.2 Å². The first kappa shape index (κ1) is 10.0. The van der Waals surface area contributed by atoms with E-state index in [0.717, 1.165) is 6.42 Å². The zero-order valence-electron chi connectivity index (χ0n) is 8.85. The third-order valence-electron chi connectivity index (χ3n) is 2.18. The average Bonchev–Trinajstić information content (AvgIpc) is 2.03. The van der Waals surface area contributed by atoms with Gasteiger partial charge in [0.2, 0.25) is 0 Å². The quantitative estimate of drug-likeness (QED) is 0.646. The molecule has 0 atom stereocenters. The van der Waals surface area contributed by atoms with Crippen LogP contribution in [0, 0.1) is 13.8 Å². The van der Waals surface area contributed by atoms with Crippen LogP contribution in [0.15, 0.2) is 24.8 Å². The lowest BCUT2D eigenvalue weighted by Crippen LogP contribution is -1.86. The van der Waals surface area contributed by atoms with Crippen LogP contribution in [-0.4, -0.2) is 0 Å². The summed E-state index contributed by atoms with van der Waals surface area (Å²) in [5.41, 5.74) is 5.22. The minimum absolute atomic E-state index is 1.10. The van der Waals surface area contributed by atoms with Crippen LogP contribution < -0.4 is 0 Å². The second kappa shape index (κ2) is 4.27. The van der Waals surface area contributed by atoms with E-state index in [1.165, 1.54) is 28.7 Å². The summed E-state index contributed by atoms with van der Waals surface area (Å²) in [6.07, 6.45) is 2.27. The van der Waals surface area contributed by atoms with E-state index in [1.54, 1.807) is 0 Å². The molecule has 0 aromatic heterocycles. The van der Waals surface area contributed by atoms with Gasteiger partial charge in [-0.15, -0.1) is 0 Å². The fraction of sp³-hybridized carbons (Fsp3) is 0.385. The maximum Gasteiger partial charge on any atom is -0.0225 e. The molecule has 0 unspecified atom stereocenters. The maximum absolute atomic E-state index is 4.10. The molecule has 13 heavy (non-hydrogen) atoms. The first-order chi connectivity index (χ1) is 6.13. The molecule has 70 valence electrons. The Morgan fingerprint density at radius 3 is 2.15 bits per heavy atom. The molecule has 1 rings (SSSR count). The largest absolute Gasteiger partial charge is 0.0952 e. The zero-order chi connectivity index (χ0) is 9.84. The molecule has 0 spiro atoms. The third kappa shape index (κ3) is 2.73. The Bertz CT molecular complexity index is 288. The number of rotatable bonds is 3. The van der Waals surface area contributed by atoms with Gasteiger partial charge >= 0.3 is 0 Å². The fourth-order valence-corrected chi connectivity index (χ4v) is 1.62. The van der Waals surface area contributed by atoms with E-state index in [0.29, 0.717) is 0 Å². The first-order valence-corrected chi connectivity index (χ1v) is 4.90. The summed E-state index contributed by atoms with van der Waals surface area (Å²) in [4.78, 5) is 0. The van der Waals surface area contributed by atoms with Crippen molar-refractivity contribution in [2.45, 2.75) is 33.6 Å². The van der Waals surface area contributed by atoms with Gasteiger partial charge < -0.3 is 0 Å². The molecule has 0 heteroatoms. The van der Waals surface area contributed by atoms with Crippen LogP contribution in [0.5, 0.6) is 0 Å². The van der Waals surface area contributed by atoms with Gasteiger partial charge in [-0.25, -0.2) is 0 Å². The normalized spacial score (nSPS) is 10.1. The van der Waals surface area contributed by atoms with Crippen LogP contribution in [0.3, 0.4) is 0 Å². The molecule has 0 amide bonds. The van der Waals surface area contributed by atoms with Crippen molar-refractivity contribution >= 4 is 5.57 Å². The first-order valence-electron chi connectivity index (χ1n) is 4.90. The van der Waals surface area contributed by atoms with Gasteiger partial charge in [0, 0.05) is 0 Å². The molecule has 0 bridgehead atoms. The minimum Gasteiger partial charge on any atom is -0.0952 e. The molecule has 0 aliphatic heterocycles. The fourth-order valence-electron chi connectivity index (χ4n) is 1.62. The lowest BCUT2D eigenvalue weighted by molar-refractivity contribution is 0.974. The molecule has 0 N–H and O–H groups in total. The van der Waals surface area contributed by atoms with Crippen LogP contribution in [0.1, 0.15) is 36.5 Å². The average molecular weight is 174 g/mol. The van der Waals surface area contributed by atoms with E-state index in [2.05, 4.69) is 45.5 Å². The molecule has 0 aliphatic carbocycles. The van der Waals surface area contributed by atoms with E-state index in [4.69, 9.17) is 0 Å². The second-order valence-corrected chi connectivity index (χ2v) is 3.73. The predicted molar refractivity (Wildman–Crippen MR) is 59.9 cm³/mol. The lowest BCUT2D eigenvalue weighted by atomic mass is 9.99. The Kier molecular flexibility index (Phi) is 3.30. The Labute approximate surface area is 81.3 Å². The van der Waals surface area contributed by atoms with Crippen LogP contribution in [0.4, 0.5) is 0 Å². The van der Waals surface area contributed by atoms with Crippen LogP contribution in [0.2, 0.25) is 0 Å². The monoisotopic (exact) mass is 174 g/mol. The van der Waals surface area contributed by atoms with E-state index >= 15 is 0 Å². The molecule has 0 nitrogen and oxygen atoms in total. The van der Waals surface area contributed by atoms with Crippen molar-refractivity contribution in [2.24, 2.45) is 0 Å². The van der Waals surface area contributed by atoms with Gasteiger partial charge in [0.1, 0.15) is 0 Å².